The van der Waals surface area contributed by atoms with E-state index in [2.05, 4.69) is 23.3 Å². The lowest BCUT2D eigenvalue weighted by Gasteiger charge is -2.26. The number of phosphoric acid groups is 2. The van der Waals surface area contributed by atoms with E-state index in [0.29, 0.717) is 0 Å². The zero-order valence-corrected chi connectivity index (χ0v) is 19.2. The summed E-state index contributed by atoms with van der Waals surface area (Å²) in [6.45, 7) is -1.76. The second kappa shape index (κ2) is 8.74. The maximum absolute atomic E-state index is 12.1. The maximum Gasteiger partial charge on any atom is 0.478 e. The first-order valence-corrected chi connectivity index (χ1v) is 13.0. The molecule has 0 amide bonds. The standard InChI is InChI=1S/C15H21N5O13P2/c16-12-7-13-18-4-19(12)14-10(23)8(21)5(31-14)1-29-34(25,26)33-35(27,28)30-2-6-9(22)11(24)15(32-6)20(13)3-17-7/h3-6,8-11,14-16,21-24H,1-2H2,(H2,25,26,27,28)/t5-,6-,8-,9-,10-,11-,14-,15-/m1/s1. The van der Waals surface area contributed by atoms with E-state index >= 15 is 0 Å². The number of phosphoric ester groups is 2. The van der Waals surface area contributed by atoms with E-state index in [1.165, 1.54) is 10.9 Å². The first-order valence-electron chi connectivity index (χ1n) is 10.1. The third-order valence-electron chi connectivity index (χ3n) is 5.82. The smallest absolute Gasteiger partial charge is 0.478 e. The van der Waals surface area contributed by atoms with Gasteiger partial charge in [-0.25, -0.2) is 18.4 Å². The van der Waals surface area contributed by atoms with Crippen molar-refractivity contribution in [1.82, 2.24) is 14.5 Å². The number of fused-ring (bicyclic) bond motifs is 7. The van der Waals surface area contributed by atoms with Gasteiger partial charge in [0.2, 0.25) is 18.2 Å². The van der Waals surface area contributed by atoms with Gasteiger partial charge >= 0.3 is 7.82 Å². The van der Waals surface area contributed by atoms with Crippen LogP contribution in [-0.4, -0.2) is 89.7 Å². The molecule has 2 saturated heterocycles. The highest BCUT2D eigenvalue weighted by Crippen LogP contribution is 2.58. The largest absolute Gasteiger partial charge is 0.756 e. The molecule has 2 aromatic heterocycles. The monoisotopic (exact) mass is 541 g/mol. The molecule has 0 aliphatic carbocycles. The molecular formula is C15H21N5O13P2. The number of hydrogen-bond donors (Lipinski definition) is 6. The number of hydrogen-bond acceptors (Lipinski definition) is 15. The number of anilines is 1. The lowest BCUT2D eigenvalue weighted by atomic mass is 10.1. The Morgan fingerprint density at radius 1 is 1.03 bits per heavy atom. The minimum Gasteiger partial charge on any atom is -0.756 e. The molecule has 8 bridgehead atoms. The predicted molar refractivity (Wildman–Crippen MR) is 104 cm³/mol. The molecular weight excluding hydrogens is 520 g/mol. The average molecular weight is 541 g/mol. The highest BCUT2D eigenvalue weighted by molar-refractivity contribution is 7.60. The molecule has 2 fully saturated rings. The molecule has 0 radical (unpaired) electrons. The van der Waals surface area contributed by atoms with Gasteiger partial charge in [0, 0.05) is 0 Å². The Morgan fingerprint density at radius 2 is 1.69 bits per heavy atom. The van der Waals surface area contributed by atoms with Crippen molar-refractivity contribution in [2.45, 2.75) is 49.1 Å². The van der Waals surface area contributed by atoms with Crippen molar-refractivity contribution in [2.75, 3.05) is 18.9 Å². The zero-order valence-electron chi connectivity index (χ0n) is 17.5. The number of nitrogens with two attached hydrogens (primary N) is 1. The van der Waals surface area contributed by atoms with Gasteiger partial charge in [0.15, 0.2) is 11.7 Å². The number of aliphatic hydroxyl groups is 4. The van der Waals surface area contributed by atoms with Crippen LogP contribution >= 0.6 is 15.6 Å². The second-order valence-electron chi connectivity index (χ2n) is 8.04. The van der Waals surface area contributed by atoms with Crippen molar-refractivity contribution in [3.8, 4) is 0 Å². The number of aliphatic hydroxyl groups excluding tert-OH is 4. The van der Waals surface area contributed by atoms with Crippen molar-refractivity contribution in [3.05, 3.63) is 12.7 Å². The molecule has 2 aromatic rings. The molecule has 20 heteroatoms. The van der Waals surface area contributed by atoms with Gasteiger partial charge < -0.3 is 49.9 Å². The number of nitrogen functional groups attached to an aromatic ring is 1. The number of nitrogens with zero attached hydrogens (tertiary/aromatic N) is 4. The van der Waals surface area contributed by atoms with Crippen molar-refractivity contribution in [3.63, 3.8) is 0 Å². The summed E-state index contributed by atoms with van der Waals surface area (Å²) in [6, 6.07) is 0. The Morgan fingerprint density at radius 3 is 2.43 bits per heavy atom. The van der Waals surface area contributed by atoms with Crippen molar-refractivity contribution < 1.29 is 66.7 Å². The third kappa shape index (κ3) is 4.40. The first-order chi connectivity index (χ1) is 16.4. The number of imidazole rings is 1. The highest BCUT2D eigenvalue weighted by atomic mass is 31.3. The lowest BCUT2D eigenvalue weighted by molar-refractivity contribution is -0.755. The van der Waals surface area contributed by atoms with Crippen LogP contribution in [0.5, 0.6) is 0 Å². The molecule has 0 saturated carbocycles. The molecule has 35 heavy (non-hydrogen) atoms. The van der Waals surface area contributed by atoms with E-state index in [4.69, 9.17) is 15.2 Å². The van der Waals surface area contributed by atoms with Crippen LogP contribution in [0.4, 0.5) is 5.82 Å². The number of aromatic nitrogens is 4. The maximum atomic E-state index is 12.1. The minimum atomic E-state index is -5.50. The van der Waals surface area contributed by atoms with Gasteiger partial charge in [-0.2, -0.15) is 0 Å². The first kappa shape index (κ1) is 25.0. The molecule has 18 nitrogen and oxygen atoms in total. The average Bonchev–Trinajstić information content (AvgIpc) is 3.41. The summed E-state index contributed by atoms with van der Waals surface area (Å²) in [5.41, 5.74) is 6.37. The summed E-state index contributed by atoms with van der Waals surface area (Å²) in [7, 11) is -10.8. The lowest BCUT2D eigenvalue weighted by Crippen LogP contribution is -2.48. The van der Waals surface area contributed by atoms with Gasteiger partial charge in [0.05, 0.1) is 13.2 Å². The minimum absolute atomic E-state index is 0.0698. The van der Waals surface area contributed by atoms with Crippen LogP contribution < -0.4 is 15.2 Å². The number of ether oxygens (including phenoxy) is 2. The van der Waals surface area contributed by atoms with Crippen LogP contribution in [-0.2, 0) is 32.0 Å². The van der Waals surface area contributed by atoms with Gasteiger partial charge in [-0.15, -0.1) is 0 Å². The molecule has 4 aliphatic rings. The number of rotatable bonds is 0. The van der Waals surface area contributed by atoms with Gasteiger partial charge in [0.25, 0.3) is 13.6 Å². The molecule has 7 N–H and O–H groups in total. The van der Waals surface area contributed by atoms with Crippen LogP contribution in [0.3, 0.4) is 0 Å². The fourth-order valence-corrected chi connectivity index (χ4v) is 6.11. The SMILES string of the molecule is Nc1c2ncn3c2nc[n+]1[C@@H]1O[C@H](COP(=O)([O-])OP(=O)(O)OC[C@H]2O[C@@H]3[C@H](O)[C@@H]2O)[C@@H](O)[C@H]1O. The Kier molecular flexibility index (Phi) is 6.25. The Bertz CT molecular complexity index is 1230. The van der Waals surface area contributed by atoms with Gasteiger partial charge in [-0.05, 0) is 0 Å². The van der Waals surface area contributed by atoms with Crippen LogP contribution in [0.2, 0.25) is 0 Å². The quantitative estimate of drug-likeness (QED) is 0.138. The van der Waals surface area contributed by atoms with E-state index in [1.54, 1.807) is 0 Å². The van der Waals surface area contributed by atoms with Crippen molar-refractivity contribution >= 4 is 32.6 Å². The highest BCUT2D eigenvalue weighted by Gasteiger charge is 2.49. The van der Waals surface area contributed by atoms with Crippen LogP contribution in [0.15, 0.2) is 12.7 Å². The fourth-order valence-electron chi connectivity index (χ4n) is 4.05. The summed E-state index contributed by atoms with van der Waals surface area (Å²) in [5, 5.41) is 41.6. The molecule has 0 spiro atoms. The molecule has 10 atom stereocenters. The second-order valence-corrected chi connectivity index (χ2v) is 11.0. The van der Waals surface area contributed by atoms with Crippen LogP contribution in [0.25, 0.3) is 11.2 Å². The fraction of sp³-hybridized carbons (Fsp3) is 0.667. The summed E-state index contributed by atoms with van der Waals surface area (Å²) in [5.74, 6) is -0.0698. The van der Waals surface area contributed by atoms with E-state index in [9.17, 15) is 39.3 Å². The molecule has 0 aromatic carbocycles. The Balaban J connectivity index is 1.57. The summed E-state index contributed by atoms with van der Waals surface area (Å²) in [4.78, 5) is 30.2. The third-order valence-corrected chi connectivity index (χ3v) is 8.38. The Labute approximate surface area is 195 Å². The molecule has 194 valence electrons. The van der Waals surface area contributed by atoms with Crippen molar-refractivity contribution in [1.29, 1.82) is 0 Å². The van der Waals surface area contributed by atoms with E-state index in [0.717, 1.165) is 10.9 Å². The van der Waals surface area contributed by atoms with Gasteiger partial charge in [-0.1, -0.05) is 4.98 Å². The van der Waals surface area contributed by atoms with E-state index < -0.39 is 77.9 Å². The summed E-state index contributed by atoms with van der Waals surface area (Å²) in [6.07, 6.45) is -9.56. The Hall–Kier alpha value is -1.63. The topological polar surface area (TPSA) is 265 Å². The summed E-state index contributed by atoms with van der Waals surface area (Å²) >= 11 is 0. The molecule has 4 aliphatic heterocycles. The molecule has 2 unspecified atom stereocenters. The summed E-state index contributed by atoms with van der Waals surface area (Å²) < 4.78 is 50.9. The van der Waals surface area contributed by atoms with Crippen LogP contribution in [0, 0.1) is 0 Å². The van der Waals surface area contributed by atoms with E-state index in [-0.39, 0.29) is 17.0 Å². The van der Waals surface area contributed by atoms with Crippen LogP contribution in [0.1, 0.15) is 12.5 Å². The predicted octanol–water partition coefficient (Wildman–Crippen LogP) is -3.83. The normalized spacial score (nSPS) is 44.6. The van der Waals surface area contributed by atoms with E-state index in [1.807, 2.05) is 0 Å². The molecule has 6 rings (SSSR count). The van der Waals surface area contributed by atoms with Gasteiger partial charge in [0.1, 0.15) is 43.0 Å². The zero-order chi connectivity index (χ0) is 25.3. The van der Waals surface area contributed by atoms with Gasteiger partial charge in [-0.3, -0.25) is 13.7 Å². The van der Waals surface area contributed by atoms with Crippen molar-refractivity contribution in [2.24, 2.45) is 0 Å². The molecule has 6 heterocycles.